The fourth-order valence-electron chi connectivity index (χ4n) is 3.73. The van der Waals surface area contributed by atoms with E-state index in [-0.39, 0.29) is 17.6 Å². The second kappa shape index (κ2) is 7.76. The molecule has 1 saturated carbocycles. The maximum atomic E-state index is 12.1. The van der Waals surface area contributed by atoms with Gasteiger partial charge in [0.2, 0.25) is 0 Å². The number of rotatable bonds is 6. The Labute approximate surface area is 147 Å². The number of aromatic nitrogens is 2. The van der Waals surface area contributed by atoms with E-state index in [0.717, 1.165) is 10.7 Å². The zero-order valence-electron chi connectivity index (χ0n) is 14.6. The van der Waals surface area contributed by atoms with Gasteiger partial charge >= 0.3 is 0 Å². The summed E-state index contributed by atoms with van der Waals surface area (Å²) < 4.78 is 1.59. The quantitative estimate of drug-likeness (QED) is 0.842. The summed E-state index contributed by atoms with van der Waals surface area (Å²) >= 11 is 1.49. The van der Waals surface area contributed by atoms with Gasteiger partial charge in [0.05, 0.1) is 5.69 Å². The highest BCUT2D eigenvalue weighted by molar-refractivity contribution is 7.15. The third-order valence-corrected chi connectivity index (χ3v) is 5.97. The van der Waals surface area contributed by atoms with Crippen molar-refractivity contribution in [2.45, 2.75) is 64.6 Å². The molecule has 5 nitrogen and oxygen atoms in total. The van der Waals surface area contributed by atoms with E-state index in [4.69, 9.17) is 5.73 Å². The number of nitrogens with two attached hydrogens (primary N) is 1. The second-order valence-electron chi connectivity index (χ2n) is 7.27. The standard InChI is InChI=1S/C18H28N4OS/c1-12(2)16(19)17(13-6-4-3-5-7-13)20-11-14-10-15(23)22-8-9-24-18(22)21-14/h8-10,12-13,16-17,20H,3-7,11,19H2,1-2H3. The van der Waals surface area contributed by atoms with Crippen LogP contribution in [0.25, 0.3) is 4.96 Å². The van der Waals surface area contributed by atoms with Crippen molar-refractivity contribution in [2.75, 3.05) is 0 Å². The lowest BCUT2D eigenvalue weighted by Crippen LogP contribution is -2.52. The number of nitrogens with zero attached hydrogens (tertiary/aromatic N) is 2. The largest absolute Gasteiger partial charge is 0.326 e. The van der Waals surface area contributed by atoms with Crippen LogP contribution in [0.3, 0.4) is 0 Å². The molecule has 0 radical (unpaired) electrons. The van der Waals surface area contributed by atoms with E-state index < -0.39 is 0 Å². The van der Waals surface area contributed by atoms with E-state index in [1.807, 2.05) is 5.38 Å². The SMILES string of the molecule is CC(C)C(N)C(NCc1cc(=O)n2ccsc2n1)C1CCCCC1. The van der Waals surface area contributed by atoms with Gasteiger partial charge in [-0.2, -0.15) is 0 Å². The third-order valence-electron chi connectivity index (χ3n) is 5.22. The smallest absolute Gasteiger partial charge is 0.258 e. The van der Waals surface area contributed by atoms with E-state index >= 15 is 0 Å². The van der Waals surface area contributed by atoms with Gasteiger partial charge in [0.25, 0.3) is 5.56 Å². The lowest BCUT2D eigenvalue weighted by atomic mass is 9.78. The first-order valence-electron chi connectivity index (χ1n) is 9.01. The van der Waals surface area contributed by atoms with Crippen molar-refractivity contribution in [1.82, 2.24) is 14.7 Å². The molecule has 1 aliphatic carbocycles. The van der Waals surface area contributed by atoms with Crippen molar-refractivity contribution in [1.29, 1.82) is 0 Å². The molecule has 0 saturated heterocycles. The summed E-state index contributed by atoms with van der Waals surface area (Å²) in [5, 5.41) is 5.53. The van der Waals surface area contributed by atoms with Crippen molar-refractivity contribution in [3.8, 4) is 0 Å². The highest BCUT2D eigenvalue weighted by Gasteiger charge is 2.29. The number of nitrogens with one attached hydrogen (secondary N) is 1. The van der Waals surface area contributed by atoms with Crippen LogP contribution in [0.15, 0.2) is 22.4 Å². The molecule has 3 N–H and O–H groups in total. The predicted octanol–water partition coefficient (Wildman–Crippen LogP) is 2.78. The van der Waals surface area contributed by atoms with Crippen LogP contribution in [0.4, 0.5) is 0 Å². The van der Waals surface area contributed by atoms with Crippen LogP contribution in [0.5, 0.6) is 0 Å². The molecule has 0 spiro atoms. The van der Waals surface area contributed by atoms with Crippen LogP contribution >= 0.6 is 11.3 Å². The van der Waals surface area contributed by atoms with Gasteiger partial charge in [0.1, 0.15) is 0 Å². The molecule has 0 aliphatic heterocycles. The van der Waals surface area contributed by atoms with Gasteiger partial charge in [-0.1, -0.05) is 33.1 Å². The molecule has 3 rings (SSSR count). The van der Waals surface area contributed by atoms with Gasteiger partial charge in [0, 0.05) is 36.3 Å². The fourth-order valence-corrected chi connectivity index (χ4v) is 4.46. The Kier molecular flexibility index (Phi) is 5.69. The number of hydrogen-bond donors (Lipinski definition) is 2. The van der Waals surface area contributed by atoms with Crippen molar-refractivity contribution in [3.05, 3.63) is 33.7 Å². The Hall–Kier alpha value is -1.24. The van der Waals surface area contributed by atoms with Crippen LogP contribution < -0.4 is 16.6 Å². The minimum atomic E-state index is -0.0135. The Morgan fingerprint density at radius 1 is 1.38 bits per heavy atom. The summed E-state index contributed by atoms with van der Waals surface area (Å²) in [7, 11) is 0. The first kappa shape index (κ1) is 17.6. The lowest BCUT2D eigenvalue weighted by Gasteiger charge is -2.36. The minimum Gasteiger partial charge on any atom is -0.326 e. The Bertz CT molecular complexity index is 717. The highest BCUT2D eigenvalue weighted by atomic mass is 32.1. The Balaban J connectivity index is 1.74. The van der Waals surface area contributed by atoms with E-state index in [2.05, 4.69) is 24.1 Å². The van der Waals surface area contributed by atoms with E-state index in [9.17, 15) is 4.79 Å². The molecule has 0 amide bonds. The topological polar surface area (TPSA) is 72.4 Å². The second-order valence-corrected chi connectivity index (χ2v) is 8.14. The van der Waals surface area contributed by atoms with Gasteiger partial charge in [-0.05, 0) is 24.7 Å². The summed E-state index contributed by atoms with van der Waals surface area (Å²) in [5.41, 5.74) is 7.30. The van der Waals surface area contributed by atoms with Gasteiger partial charge in [-0.15, -0.1) is 11.3 Å². The molecular weight excluding hydrogens is 320 g/mol. The molecule has 2 heterocycles. The first-order chi connectivity index (χ1) is 11.6. The molecule has 132 valence electrons. The van der Waals surface area contributed by atoms with Crippen LogP contribution in [0.2, 0.25) is 0 Å². The van der Waals surface area contributed by atoms with E-state index in [1.54, 1.807) is 16.7 Å². The van der Waals surface area contributed by atoms with Crippen LogP contribution in [0.1, 0.15) is 51.6 Å². The molecule has 0 aromatic carbocycles. The molecule has 24 heavy (non-hydrogen) atoms. The zero-order valence-corrected chi connectivity index (χ0v) is 15.4. The molecule has 1 aliphatic rings. The van der Waals surface area contributed by atoms with Crippen molar-refractivity contribution >= 4 is 16.3 Å². The van der Waals surface area contributed by atoms with Gasteiger partial charge in [-0.25, -0.2) is 4.98 Å². The third kappa shape index (κ3) is 3.87. The molecule has 0 bridgehead atoms. The molecule has 2 aromatic heterocycles. The summed E-state index contributed by atoms with van der Waals surface area (Å²) in [6.07, 6.45) is 8.21. The van der Waals surface area contributed by atoms with E-state index in [1.165, 1.54) is 43.4 Å². The molecule has 6 heteroatoms. The van der Waals surface area contributed by atoms with Crippen LogP contribution in [0, 0.1) is 11.8 Å². The molecule has 1 fully saturated rings. The van der Waals surface area contributed by atoms with Crippen molar-refractivity contribution in [3.63, 3.8) is 0 Å². The van der Waals surface area contributed by atoms with Crippen LogP contribution in [-0.2, 0) is 6.54 Å². The Morgan fingerprint density at radius 2 is 2.12 bits per heavy atom. The van der Waals surface area contributed by atoms with Crippen molar-refractivity contribution < 1.29 is 0 Å². The molecule has 2 atom stereocenters. The fraction of sp³-hybridized carbons (Fsp3) is 0.667. The Morgan fingerprint density at radius 3 is 2.83 bits per heavy atom. The first-order valence-corrected chi connectivity index (χ1v) is 9.89. The molecule has 2 aromatic rings. The monoisotopic (exact) mass is 348 g/mol. The lowest BCUT2D eigenvalue weighted by molar-refractivity contribution is 0.214. The number of fused-ring (bicyclic) bond motifs is 1. The normalized spacial score (nSPS) is 19.0. The summed E-state index contributed by atoms with van der Waals surface area (Å²) in [4.78, 5) is 17.5. The van der Waals surface area contributed by atoms with Gasteiger partial charge in [-0.3, -0.25) is 9.20 Å². The zero-order chi connectivity index (χ0) is 17.1. The molecular formula is C18H28N4OS. The maximum Gasteiger partial charge on any atom is 0.258 e. The van der Waals surface area contributed by atoms with Gasteiger partial charge in [0.15, 0.2) is 4.96 Å². The van der Waals surface area contributed by atoms with E-state index in [0.29, 0.717) is 18.4 Å². The summed E-state index contributed by atoms with van der Waals surface area (Å²) in [5.74, 6) is 1.06. The van der Waals surface area contributed by atoms with Crippen molar-refractivity contribution in [2.24, 2.45) is 17.6 Å². The number of thiazole rings is 1. The van der Waals surface area contributed by atoms with Gasteiger partial charge < -0.3 is 11.1 Å². The number of hydrogen-bond acceptors (Lipinski definition) is 5. The predicted molar refractivity (Wildman–Crippen MR) is 99.4 cm³/mol. The summed E-state index contributed by atoms with van der Waals surface area (Å²) in [6, 6.07) is 2.04. The highest BCUT2D eigenvalue weighted by Crippen LogP contribution is 2.29. The minimum absolute atomic E-state index is 0.0135. The summed E-state index contributed by atoms with van der Waals surface area (Å²) in [6.45, 7) is 4.97. The maximum absolute atomic E-state index is 12.1. The van der Waals surface area contributed by atoms with Crippen LogP contribution in [-0.4, -0.2) is 21.5 Å². The average Bonchev–Trinajstić information content (AvgIpc) is 3.05. The molecule has 2 unspecified atom stereocenters. The average molecular weight is 349 g/mol.